The second-order valence-electron chi connectivity index (χ2n) is 2.02. The van der Waals surface area contributed by atoms with Crippen LogP contribution in [0.2, 0.25) is 0 Å². The Morgan fingerprint density at radius 3 is 2.89 bits per heavy atom. The molecule has 0 N–H and O–H groups in total. The molecule has 9 heavy (non-hydrogen) atoms. The zero-order valence-electron chi connectivity index (χ0n) is 5.32. The molecule has 0 spiro atoms. The lowest BCUT2D eigenvalue weighted by Crippen LogP contribution is -1.78. The van der Waals surface area contributed by atoms with E-state index >= 15 is 0 Å². The van der Waals surface area contributed by atoms with Gasteiger partial charge >= 0.3 is 0 Å². The molecule has 1 heteroatoms. The maximum absolute atomic E-state index is 11.9. The molecule has 1 aromatic carbocycles. The van der Waals surface area contributed by atoms with E-state index < -0.39 is 6.67 Å². The molecule has 0 nitrogen and oxygen atoms in total. The summed E-state index contributed by atoms with van der Waals surface area (Å²) in [6, 6.07) is 8.22. The van der Waals surface area contributed by atoms with E-state index in [1.165, 1.54) is 0 Å². The summed E-state index contributed by atoms with van der Waals surface area (Å²) >= 11 is 0. The quantitative estimate of drug-likeness (QED) is 0.537. The summed E-state index contributed by atoms with van der Waals surface area (Å²) in [4.78, 5) is 0. The first-order valence-corrected chi connectivity index (χ1v) is 2.86. The third-order valence-corrected chi connectivity index (χ3v) is 1.16. The molecule has 0 fully saturated rings. The maximum atomic E-state index is 11.9. The zero-order chi connectivity index (χ0) is 6.69. The normalized spacial score (nSPS) is 9.56. The molecule has 1 aromatic rings. The van der Waals surface area contributed by atoms with Crippen LogP contribution in [0.1, 0.15) is 11.1 Å². The Bertz CT molecular complexity index is 194. The van der Waals surface area contributed by atoms with Crippen LogP contribution in [0.4, 0.5) is 4.39 Å². The Balaban J connectivity index is 2.94. The first kappa shape index (κ1) is 6.27. The maximum Gasteiger partial charge on any atom is 0.115 e. The molecular weight excluding hydrogens is 115 g/mol. The lowest BCUT2D eigenvalue weighted by molar-refractivity contribution is 0.484. The van der Waals surface area contributed by atoms with E-state index in [4.69, 9.17) is 0 Å². The molecule has 0 aliphatic carbocycles. The molecule has 0 heterocycles. The summed E-state index contributed by atoms with van der Waals surface area (Å²) in [6.45, 7) is 1.52. The minimum Gasteiger partial charge on any atom is -0.246 e. The predicted molar refractivity (Wildman–Crippen MR) is 34.8 cm³/mol. The molecule has 0 aliphatic heterocycles. The average Bonchev–Trinajstić information content (AvgIpc) is 1.88. The largest absolute Gasteiger partial charge is 0.246 e. The van der Waals surface area contributed by atoms with Crippen molar-refractivity contribution in [3.05, 3.63) is 35.4 Å². The fraction of sp³-hybridized carbons (Fsp3) is 0.250. The Morgan fingerprint density at radius 1 is 1.67 bits per heavy atom. The van der Waals surface area contributed by atoms with Crippen molar-refractivity contribution >= 4 is 0 Å². The summed E-state index contributed by atoms with van der Waals surface area (Å²) in [7, 11) is 0. The molecule has 0 atom stereocenters. The lowest BCUT2D eigenvalue weighted by Gasteiger charge is -1.92. The number of alkyl halides is 1. The highest BCUT2D eigenvalue weighted by Gasteiger charge is 1.88. The van der Waals surface area contributed by atoms with Gasteiger partial charge in [-0.1, -0.05) is 23.8 Å². The fourth-order valence-electron chi connectivity index (χ4n) is 0.722. The average molecular weight is 123 g/mol. The molecule has 0 amide bonds. The SMILES string of the molecule is Cc1cc[c]c(CF)c1. The summed E-state index contributed by atoms with van der Waals surface area (Å²) in [5, 5.41) is 0. The number of rotatable bonds is 1. The molecule has 0 bridgehead atoms. The van der Waals surface area contributed by atoms with Crippen LogP contribution in [-0.2, 0) is 6.67 Å². The number of halogens is 1. The standard InChI is InChI=1S/C8H8F/c1-7-3-2-4-8(5-7)6-9/h2-3,5H,6H2,1H3. The minimum absolute atomic E-state index is 0.415. The first-order chi connectivity index (χ1) is 4.33. The van der Waals surface area contributed by atoms with Crippen LogP contribution < -0.4 is 0 Å². The van der Waals surface area contributed by atoms with Gasteiger partial charge in [-0.3, -0.25) is 0 Å². The van der Waals surface area contributed by atoms with Crippen molar-refractivity contribution in [1.29, 1.82) is 0 Å². The van der Waals surface area contributed by atoms with Gasteiger partial charge in [-0.15, -0.1) is 0 Å². The van der Waals surface area contributed by atoms with Gasteiger partial charge < -0.3 is 0 Å². The van der Waals surface area contributed by atoms with Crippen LogP contribution in [0.15, 0.2) is 18.2 Å². The van der Waals surface area contributed by atoms with Crippen molar-refractivity contribution < 1.29 is 4.39 Å². The second kappa shape index (κ2) is 2.62. The van der Waals surface area contributed by atoms with Crippen LogP contribution in [0.3, 0.4) is 0 Å². The summed E-state index contributed by atoms with van der Waals surface area (Å²) in [5.41, 5.74) is 1.72. The van der Waals surface area contributed by atoms with Gasteiger partial charge in [0.1, 0.15) is 6.67 Å². The van der Waals surface area contributed by atoms with Crippen LogP contribution in [0.25, 0.3) is 0 Å². The van der Waals surface area contributed by atoms with Crippen LogP contribution in [-0.4, -0.2) is 0 Å². The van der Waals surface area contributed by atoms with Crippen LogP contribution in [0.5, 0.6) is 0 Å². The summed E-state index contributed by atoms with van der Waals surface area (Å²) in [5.74, 6) is 0. The van der Waals surface area contributed by atoms with Gasteiger partial charge in [-0.2, -0.15) is 0 Å². The topological polar surface area (TPSA) is 0 Å². The molecule has 47 valence electrons. The van der Waals surface area contributed by atoms with Crippen LogP contribution >= 0.6 is 0 Å². The molecule has 0 aliphatic rings. The van der Waals surface area contributed by atoms with Crippen molar-refractivity contribution in [1.82, 2.24) is 0 Å². The number of hydrogen-bond acceptors (Lipinski definition) is 0. The Hall–Kier alpha value is -0.850. The third-order valence-electron chi connectivity index (χ3n) is 1.16. The van der Waals surface area contributed by atoms with Gasteiger partial charge in [0, 0.05) is 0 Å². The molecule has 0 aromatic heterocycles. The zero-order valence-corrected chi connectivity index (χ0v) is 5.32. The van der Waals surface area contributed by atoms with Gasteiger partial charge in [0.05, 0.1) is 0 Å². The molecule has 0 unspecified atom stereocenters. The minimum atomic E-state index is -0.415. The lowest BCUT2D eigenvalue weighted by atomic mass is 10.2. The fourth-order valence-corrected chi connectivity index (χ4v) is 0.722. The Labute approximate surface area is 54.3 Å². The van der Waals surface area contributed by atoms with E-state index in [-0.39, 0.29) is 0 Å². The molecular formula is C8H8F. The molecule has 0 saturated heterocycles. The van der Waals surface area contributed by atoms with E-state index in [1.807, 2.05) is 13.0 Å². The van der Waals surface area contributed by atoms with Crippen molar-refractivity contribution in [3.63, 3.8) is 0 Å². The van der Waals surface area contributed by atoms with Gasteiger partial charge in [-0.05, 0) is 18.6 Å². The first-order valence-electron chi connectivity index (χ1n) is 2.86. The van der Waals surface area contributed by atoms with Crippen molar-refractivity contribution in [2.45, 2.75) is 13.6 Å². The highest BCUT2D eigenvalue weighted by atomic mass is 19.1. The Kier molecular flexibility index (Phi) is 1.83. The van der Waals surface area contributed by atoms with E-state index in [0.717, 1.165) is 5.56 Å². The highest BCUT2D eigenvalue weighted by Crippen LogP contribution is 2.03. The van der Waals surface area contributed by atoms with Crippen molar-refractivity contribution in [3.8, 4) is 0 Å². The van der Waals surface area contributed by atoms with E-state index in [2.05, 4.69) is 6.07 Å². The smallest absolute Gasteiger partial charge is 0.115 e. The number of benzene rings is 1. The van der Waals surface area contributed by atoms with E-state index in [1.54, 1.807) is 12.1 Å². The Morgan fingerprint density at radius 2 is 2.44 bits per heavy atom. The third kappa shape index (κ3) is 1.53. The van der Waals surface area contributed by atoms with Gasteiger partial charge in [-0.25, -0.2) is 4.39 Å². The van der Waals surface area contributed by atoms with Gasteiger partial charge in [0.25, 0.3) is 0 Å². The summed E-state index contributed by atoms with van der Waals surface area (Å²) in [6.07, 6.45) is 0. The number of aryl methyl sites for hydroxylation is 1. The summed E-state index contributed by atoms with van der Waals surface area (Å²) < 4.78 is 11.9. The van der Waals surface area contributed by atoms with Gasteiger partial charge in [0.15, 0.2) is 0 Å². The highest BCUT2D eigenvalue weighted by molar-refractivity contribution is 5.20. The van der Waals surface area contributed by atoms with E-state index in [0.29, 0.717) is 5.56 Å². The molecule has 1 radical (unpaired) electrons. The van der Waals surface area contributed by atoms with Crippen molar-refractivity contribution in [2.75, 3.05) is 0 Å². The predicted octanol–water partition coefficient (Wildman–Crippen LogP) is 2.26. The van der Waals surface area contributed by atoms with Gasteiger partial charge in [0.2, 0.25) is 0 Å². The second-order valence-corrected chi connectivity index (χ2v) is 2.02. The molecule has 1 rings (SSSR count). The van der Waals surface area contributed by atoms with Crippen LogP contribution in [0, 0.1) is 13.0 Å². The van der Waals surface area contributed by atoms with E-state index in [9.17, 15) is 4.39 Å². The van der Waals surface area contributed by atoms with Crippen molar-refractivity contribution in [2.24, 2.45) is 0 Å². The number of hydrogen-bond donors (Lipinski definition) is 0. The monoisotopic (exact) mass is 123 g/mol. The molecule has 0 saturated carbocycles.